The molecule has 0 radical (unpaired) electrons. The molecule has 120 valence electrons. The SMILES string of the molecule is CCC1(C)CNC(C(C)(C)C)CN1CCOC(C)(C)C. The number of piperazine rings is 1. The fourth-order valence-corrected chi connectivity index (χ4v) is 2.71. The molecule has 0 aliphatic carbocycles. The zero-order chi connectivity index (χ0) is 15.6. The van der Waals surface area contributed by atoms with Gasteiger partial charge >= 0.3 is 0 Å². The predicted octanol–water partition coefficient (Wildman–Crippen LogP) is 3.29. The predicted molar refractivity (Wildman–Crippen MR) is 87.2 cm³/mol. The van der Waals surface area contributed by atoms with E-state index < -0.39 is 0 Å². The van der Waals surface area contributed by atoms with E-state index in [4.69, 9.17) is 4.74 Å². The molecular weight excluding hydrogens is 248 g/mol. The summed E-state index contributed by atoms with van der Waals surface area (Å²) < 4.78 is 5.93. The van der Waals surface area contributed by atoms with Gasteiger partial charge in [-0.1, -0.05) is 27.7 Å². The van der Waals surface area contributed by atoms with Crippen molar-refractivity contribution >= 4 is 0 Å². The number of hydrogen-bond donors (Lipinski definition) is 1. The van der Waals surface area contributed by atoms with Gasteiger partial charge in [0, 0.05) is 31.2 Å². The number of rotatable bonds is 4. The van der Waals surface area contributed by atoms with Crippen LogP contribution in [0.15, 0.2) is 0 Å². The van der Waals surface area contributed by atoms with E-state index in [0.29, 0.717) is 11.5 Å². The molecule has 0 spiro atoms. The quantitative estimate of drug-likeness (QED) is 0.857. The fraction of sp³-hybridized carbons (Fsp3) is 1.00. The van der Waals surface area contributed by atoms with Gasteiger partial charge in [-0.25, -0.2) is 0 Å². The highest BCUT2D eigenvalue weighted by Crippen LogP contribution is 2.29. The Labute approximate surface area is 126 Å². The molecule has 2 atom stereocenters. The maximum atomic E-state index is 5.93. The molecule has 3 nitrogen and oxygen atoms in total. The minimum Gasteiger partial charge on any atom is -0.375 e. The van der Waals surface area contributed by atoms with Crippen molar-refractivity contribution in [3.8, 4) is 0 Å². The van der Waals surface area contributed by atoms with Crippen molar-refractivity contribution in [3.05, 3.63) is 0 Å². The minimum atomic E-state index is -0.0416. The van der Waals surface area contributed by atoms with E-state index >= 15 is 0 Å². The van der Waals surface area contributed by atoms with Crippen LogP contribution in [0.1, 0.15) is 61.8 Å². The summed E-state index contributed by atoms with van der Waals surface area (Å²) in [6.45, 7) is 22.0. The maximum absolute atomic E-state index is 5.93. The first kappa shape index (κ1) is 17.9. The van der Waals surface area contributed by atoms with Crippen LogP contribution in [-0.2, 0) is 4.74 Å². The van der Waals surface area contributed by atoms with Crippen LogP contribution < -0.4 is 5.32 Å². The highest BCUT2D eigenvalue weighted by atomic mass is 16.5. The van der Waals surface area contributed by atoms with Crippen molar-refractivity contribution < 1.29 is 4.74 Å². The van der Waals surface area contributed by atoms with E-state index in [0.717, 1.165) is 26.2 Å². The zero-order valence-corrected chi connectivity index (χ0v) is 15.0. The standard InChI is InChI=1S/C17H36N2O/c1-9-17(8)13-18-14(15(2,3)4)12-19(17)10-11-20-16(5,6)7/h14,18H,9-13H2,1-8H3. The molecule has 1 rings (SSSR count). The number of nitrogens with zero attached hydrogens (tertiary/aromatic N) is 1. The van der Waals surface area contributed by atoms with Gasteiger partial charge in [-0.15, -0.1) is 0 Å². The Morgan fingerprint density at radius 3 is 2.25 bits per heavy atom. The summed E-state index contributed by atoms with van der Waals surface area (Å²) in [5.41, 5.74) is 0.515. The van der Waals surface area contributed by atoms with E-state index in [9.17, 15) is 0 Å². The molecule has 1 N–H and O–H groups in total. The second-order valence-electron chi connectivity index (χ2n) is 8.56. The Morgan fingerprint density at radius 2 is 1.80 bits per heavy atom. The Hall–Kier alpha value is -0.120. The molecule has 1 aliphatic rings. The van der Waals surface area contributed by atoms with Crippen LogP contribution in [0, 0.1) is 5.41 Å². The van der Waals surface area contributed by atoms with E-state index in [2.05, 4.69) is 65.6 Å². The van der Waals surface area contributed by atoms with Gasteiger partial charge in [-0.05, 0) is 39.5 Å². The summed E-state index contributed by atoms with van der Waals surface area (Å²) in [6, 6.07) is 0.553. The topological polar surface area (TPSA) is 24.5 Å². The molecule has 20 heavy (non-hydrogen) atoms. The van der Waals surface area contributed by atoms with Gasteiger partial charge in [0.05, 0.1) is 12.2 Å². The summed E-state index contributed by atoms with van der Waals surface area (Å²) in [7, 11) is 0. The third kappa shape index (κ3) is 5.01. The van der Waals surface area contributed by atoms with Gasteiger partial charge in [0.1, 0.15) is 0 Å². The smallest absolute Gasteiger partial charge is 0.0600 e. The van der Waals surface area contributed by atoms with E-state index in [1.54, 1.807) is 0 Å². The Balaban J connectivity index is 2.65. The first-order valence-corrected chi connectivity index (χ1v) is 8.10. The van der Waals surface area contributed by atoms with E-state index in [-0.39, 0.29) is 11.1 Å². The van der Waals surface area contributed by atoms with Crippen molar-refractivity contribution in [1.29, 1.82) is 0 Å². The maximum Gasteiger partial charge on any atom is 0.0600 e. The van der Waals surface area contributed by atoms with Crippen LogP contribution in [-0.4, -0.2) is 48.3 Å². The third-order valence-corrected chi connectivity index (χ3v) is 4.60. The fourth-order valence-electron chi connectivity index (χ4n) is 2.71. The molecule has 1 saturated heterocycles. The average Bonchev–Trinajstić information content (AvgIpc) is 2.28. The summed E-state index contributed by atoms with van der Waals surface area (Å²) in [4.78, 5) is 2.63. The normalized spacial score (nSPS) is 29.7. The van der Waals surface area contributed by atoms with Gasteiger partial charge in [0.15, 0.2) is 0 Å². The molecule has 0 saturated carbocycles. The van der Waals surface area contributed by atoms with Crippen molar-refractivity contribution in [2.24, 2.45) is 5.41 Å². The monoisotopic (exact) mass is 284 g/mol. The van der Waals surface area contributed by atoms with Crippen molar-refractivity contribution in [1.82, 2.24) is 10.2 Å². The first-order valence-electron chi connectivity index (χ1n) is 8.10. The molecular formula is C17H36N2O. The number of hydrogen-bond acceptors (Lipinski definition) is 3. The molecule has 0 bridgehead atoms. The lowest BCUT2D eigenvalue weighted by atomic mass is 9.81. The molecule has 2 unspecified atom stereocenters. The van der Waals surface area contributed by atoms with Crippen molar-refractivity contribution in [2.45, 2.75) is 79.0 Å². The van der Waals surface area contributed by atoms with Crippen LogP contribution in [0.5, 0.6) is 0 Å². The average molecular weight is 284 g/mol. The van der Waals surface area contributed by atoms with E-state index in [1.165, 1.54) is 6.42 Å². The molecule has 3 heteroatoms. The van der Waals surface area contributed by atoms with Gasteiger partial charge in [0.2, 0.25) is 0 Å². The highest BCUT2D eigenvalue weighted by Gasteiger charge is 2.39. The first-order chi connectivity index (χ1) is 8.98. The van der Waals surface area contributed by atoms with Gasteiger partial charge in [0.25, 0.3) is 0 Å². The lowest BCUT2D eigenvalue weighted by molar-refractivity contribution is -0.0433. The van der Waals surface area contributed by atoms with E-state index in [1.807, 2.05) is 0 Å². The van der Waals surface area contributed by atoms with Gasteiger partial charge < -0.3 is 10.1 Å². The lowest BCUT2D eigenvalue weighted by Crippen LogP contribution is -2.66. The molecule has 0 amide bonds. The number of ether oxygens (including phenoxy) is 1. The second kappa shape index (κ2) is 6.33. The Bertz CT molecular complexity index is 303. The molecule has 1 fully saturated rings. The van der Waals surface area contributed by atoms with Crippen molar-refractivity contribution in [2.75, 3.05) is 26.2 Å². The van der Waals surface area contributed by atoms with Gasteiger partial charge in [-0.2, -0.15) is 0 Å². The molecule has 1 heterocycles. The Morgan fingerprint density at radius 1 is 1.20 bits per heavy atom. The molecule has 1 aliphatic heterocycles. The summed E-state index contributed by atoms with van der Waals surface area (Å²) in [6.07, 6.45) is 1.17. The van der Waals surface area contributed by atoms with Gasteiger partial charge in [-0.3, -0.25) is 4.90 Å². The largest absolute Gasteiger partial charge is 0.375 e. The molecule has 0 aromatic carbocycles. The van der Waals surface area contributed by atoms with Crippen LogP contribution in [0.4, 0.5) is 0 Å². The van der Waals surface area contributed by atoms with Crippen LogP contribution in [0.2, 0.25) is 0 Å². The lowest BCUT2D eigenvalue weighted by Gasteiger charge is -2.51. The minimum absolute atomic E-state index is 0.0416. The highest BCUT2D eigenvalue weighted by molar-refractivity contribution is 4.98. The van der Waals surface area contributed by atoms with Crippen LogP contribution in [0.3, 0.4) is 0 Å². The zero-order valence-electron chi connectivity index (χ0n) is 15.0. The van der Waals surface area contributed by atoms with Crippen molar-refractivity contribution in [3.63, 3.8) is 0 Å². The summed E-state index contributed by atoms with van der Waals surface area (Å²) in [5.74, 6) is 0. The summed E-state index contributed by atoms with van der Waals surface area (Å²) in [5, 5.41) is 3.75. The van der Waals surface area contributed by atoms with Crippen LogP contribution >= 0.6 is 0 Å². The van der Waals surface area contributed by atoms with Crippen LogP contribution in [0.25, 0.3) is 0 Å². The second-order valence-corrected chi connectivity index (χ2v) is 8.56. The molecule has 0 aromatic heterocycles. The third-order valence-electron chi connectivity index (χ3n) is 4.60. The number of nitrogens with one attached hydrogen (secondary N) is 1. The Kier molecular flexibility index (Phi) is 5.67. The summed E-state index contributed by atoms with van der Waals surface area (Å²) >= 11 is 0. The molecule has 0 aromatic rings.